The molecule has 0 bridgehead atoms. The smallest absolute Gasteiger partial charge is 0.0246 e. The first kappa shape index (κ1) is 32.2. The Morgan fingerprint density at radius 3 is 1.27 bits per heavy atom. The van der Waals surface area contributed by atoms with Crippen molar-refractivity contribution in [1.82, 2.24) is 0 Å². The lowest BCUT2D eigenvalue weighted by Crippen LogP contribution is -2.51. The molecule has 2 rings (SSSR count). The molecule has 2 saturated carbocycles. The molecule has 2 aliphatic carbocycles. The van der Waals surface area contributed by atoms with E-state index in [0.717, 1.165) is 47.3 Å². The first-order chi connectivity index (χ1) is 12.5. The summed E-state index contributed by atoms with van der Waals surface area (Å²) in [5.74, 6) is 7.05. The summed E-state index contributed by atoms with van der Waals surface area (Å²) in [6, 6.07) is 0. The maximum absolute atomic E-state index is 2.50. The molecule has 0 saturated heterocycles. The molecule has 0 heterocycles. The Kier molecular flexibility index (Phi) is 12.0. The van der Waals surface area contributed by atoms with Crippen LogP contribution in [-0.2, 0) is 0 Å². The summed E-state index contributed by atoms with van der Waals surface area (Å²) in [6.07, 6.45) is 4.20. The fraction of sp³-hybridized carbons (Fsp3) is 1.00. The van der Waals surface area contributed by atoms with Gasteiger partial charge in [0, 0.05) is 0 Å². The molecule has 0 nitrogen and oxygen atoms in total. The maximum Gasteiger partial charge on any atom is -0.0246 e. The van der Waals surface area contributed by atoms with Gasteiger partial charge in [-0.3, -0.25) is 0 Å². The van der Waals surface area contributed by atoms with Crippen molar-refractivity contribution < 1.29 is 0 Å². The van der Waals surface area contributed by atoms with Crippen molar-refractivity contribution in [2.75, 3.05) is 0 Å². The third-order valence-corrected chi connectivity index (χ3v) is 11.2. The van der Waals surface area contributed by atoms with Gasteiger partial charge in [0.15, 0.2) is 0 Å². The maximum atomic E-state index is 2.50. The fourth-order valence-corrected chi connectivity index (χ4v) is 7.14. The largest absolute Gasteiger partial charge is 0.0776 e. The average molecular weight is 425 g/mol. The van der Waals surface area contributed by atoms with Crippen molar-refractivity contribution in [2.45, 2.75) is 131 Å². The van der Waals surface area contributed by atoms with Crippen LogP contribution >= 0.6 is 0 Å². The van der Waals surface area contributed by atoms with E-state index >= 15 is 0 Å². The highest BCUT2D eigenvalue weighted by molar-refractivity contribution is 5.02. The Labute approximate surface area is 194 Å². The highest BCUT2D eigenvalue weighted by Crippen LogP contribution is 2.62. The van der Waals surface area contributed by atoms with Crippen molar-refractivity contribution in [1.29, 1.82) is 0 Å². The zero-order valence-corrected chi connectivity index (χ0v) is 22.2. The molecule has 0 amide bonds. The van der Waals surface area contributed by atoms with Crippen molar-refractivity contribution in [3.8, 4) is 0 Å². The molecule has 5 atom stereocenters. The lowest BCUT2D eigenvalue weighted by Gasteiger charge is -2.59. The minimum Gasteiger partial charge on any atom is -0.0776 e. The number of hydrogen-bond donors (Lipinski definition) is 0. The highest BCUT2D eigenvalue weighted by Gasteiger charge is 2.53. The molecule has 0 aliphatic heterocycles. The second kappa shape index (κ2) is 11.2. The Balaban J connectivity index is 0. The van der Waals surface area contributed by atoms with E-state index in [1.54, 1.807) is 0 Å². The van der Waals surface area contributed by atoms with Gasteiger partial charge < -0.3 is 0 Å². The van der Waals surface area contributed by atoms with Crippen LogP contribution < -0.4 is 0 Å². The van der Waals surface area contributed by atoms with Crippen LogP contribution in [0.2, 0.25) is 0 Å². The summed E-state index contributed by atoms with van der Waals surface area (Å²) in [4.78, 5) is 0. The van der Waals surface area contributed by atoms with E-state index in [2.05, 4.69) is 96.9 Å². The fourth-order valence-electron chi connectivity index (χ4n) is 7.14. The van der Waals surface area contributed by atoms with Crippen LogP contribution in [0.15, 0.2) is 0 Å². The highest BCUT2D eigenvalue weighted by atomic mass is 14.6. The predicted octanol–water partition coefficient (Wildman–Crippen LogP) is 10.6. The van der Waals surface area contributed by atoms with Crippen molar-refractivity contribution >= 4 is 0 Å². The van der Waals surface area contributed by atoms with E-state index in [-0.39, 0.29) is 14.9 Å². The van der Waals surface area contributed by atoms with Crippen LogP contribution in [0.1, 0.15) is 131 Å². The van der Waals surface area contributed by atoms with Crippen LogP contribution in [0.25, 0.3) is 0 Å². The molecule has 0 N–H and O–H groups in total. The lowest BCUT2D eigenvalue weighted by molar-refractivity contribution is -0.103. The second-order valence-corrected chi connectivity index (χ2v) is 13.1. The van der Waals surface area contributed by atoms with E-state index < -0.39 is 0 Å². The van der Waals surface area contributed by atoms with Crippen LogP contribution in [0.5, 0.6) is 0 Å². The molecule has 0 aromatic carbocycles. The molecule has 0 spiro atoms. The van der Waals surface area contributed by atoms with Gasteiger partial charge >= 0.3 is 0 Å². The van der Waals surface area contributed by atoms with E-state index in [1.165, 1.54) is 19.3 Å². The summed E-state index contributed by atoms with van der Waals surface area (Å²) in [5.41, 5.74) is 1.45. The van der Waals surface area contributed by atoms with Gasteiger partial charge in [-0.25, -0.2) is 0 Å². The van der Waals surface area contributed by atoms with Gasteiger partial charge in [0.2, 0.25) is 0 Å². The van der Waals surface area contributed by atoms with Gasteiger partial charge in [0.25, 0.3) is 0 Å². The van der Waals surface area contributed by atoms with Gasteiger partial charge in [0.1, 0.15) is 0 Å². The van der Waals surface area contributed by atoms with Crippen molar-refractivity contribution in [3.05, 3.63) is 0 Å². The molecular weight excluding hydrogens is 360 g/mol. The zero-order chi connectivity index (χ0) is 22.2. The second-order valence-electron chi connectivity index (χ2n) is 13.1. The van der Waals surface area contributed by atoms with Crippen LogP contribution in [-0.4, -0.2) is 0 Å². The van der Waals surface area contributed by atoms with Gasteiger partial charge in [-0.15, -0.1) is 0 Å². The molecule has 0 heteroatoms. The summed E-state index contributed by atoms with van der Waals surface area (Å²) >= 11 is 0. The number of rotatable bonds is 2. The molecular formula is C30H64. The SMILES string of the molecule is C.C.CC(C)C1(C)CCCC(C)(C)C1(C)C.CC(C)C1C(C)C(C)C(C)C(C)C1C. The summed E-state index contributed by atoms with van der Waals surface area (Å²) in [7, 11) is 0. The average Bonchev–Trinajstić information content (AvgIpc) is 2.56. The van der Waals surface area contributed by atoms with E-state index in [0.29, 0.717) is 16.2 Å². The number of hydrogen-bond acceptors (Lipinski definition) is 0. The summed E-state index contributed by atoms with van der Waals surface area (Å²) in [5, 5.41) is 0. The van der Waals surface area contributed by atoms with Gasteiger partial charge in [0.05, 0.1) is 0 Å². The molecule has 0 aromatic rings. The monoisotopic (exact) mass is 425 g/mol. The van der Waals surface area contributed by atoms with E-state index in [1.807, 2.05) is 0 Å². The third kappa shape index (κ3) is 5.67. The summed E-state index contributed by atoms with van der Waals surface area (Å²) < 4.78 is 0. The minimum absolute atomic E-state index is 0. The van der Waals surface area contributed by atoms with E-state index in [9.17, 15) is 0 Å². The standard InChI is InChI=1S/2C14H28.2CH4/c1-11(2)14(7)10-8-9-12(3,4)13(14,5)6;1-8(2)14-12(6)10(4)9(3)11(5)13(14)7;;/h11H,8-10H2,1-7H3;8-14H,1-7H3;2*1H4. The molecule has 2 aliphatic rings. The van der Waals surface area contributed by atoms with Crippen LogP contribution in [0, 0.1) is 63.6 Å². The molecule has 0 radical (unpaired) electrons. The molecule has 184 valence electrons. The third-order valence-electron chi connectivity index (χ3n) is 11.2. The molecule has 5 unspecified atom stereocenters. The Morgan fingerprint density at radius 2 is 0.967 bits per heavy atom. The Hall–Kier alpha value is 0. The van der Waals surface area contributed by atoms with Crippen molar-refractivity contribution in [3.63, 3.8) is 0 Å². The molecule has 30 heavy (non-hydrogen) atoms. The first-order valence-electron chi connectivity index (χ1n) is 12.5. The summed E-state index contributed by atoms with van der Waals surface area (Å²) in [6.45, 7) is 34.2. The Bertz CT molecular complexity index is 464. The van der Waals surface area contributed by atoms with Crippen LogP contribution in [0.3, 0.4) is 0 Å². The van der Waals surface area contributed by atoms with Gasteiger partial charge in [-0.1, -0.05) is 118 Å². The first-order valence-corrected chi connectivity index (χ1v) is 12.5. The quantitative estimate of drug-likeness (QED) is 0.413. The van der Waals surface area contributed by atoms with E-state index in [4.69, 9.17) is 0 Å². The molecule has 2 fully saturated rings. The zero-order valence-electron chi connectivity index (χ0n) is 22.2. The minimum atomic E-state index is 0. The lowest BCUT2D eigenvalue weighted by atomic mass is 9.45. The normalized spacial score (nSPS) is 40.0. The van der Waals surface area contributed by atoms with Crippen molar-refractivity contribution in [2.24, 2.45) is 63.6 Å². The Morgan fingerprint density at radius 1 is 0.600 bits per heavy atom. The topological polar surface area (TPSA) is 0 Å². The molecule has 0 aromatic heterocycles. The van der Waals surface area contributed by atoms with Crippen LogP contribution in [0.4, 0.5) is 0 Å². The predicted molar refractivity (Wildman–Crippen MR) is 142 cm³/mol. The van der Waals surface area contributed by atoms with Gasteiger partial charge in [-0.05, 0) is 76.4 Å². The van der Waals surface area contributed by atoms with Gasteiger partial charge in [-0.2, -0.15) is 0 Å².